The van der Waals surface area contributed by atoms with Crippen molar-refractivity contribution in [2.45, 2.75) is 24.0 Å². The van der Waals surface area contributed by atoms with E-state index in [0.29, 0.717) is 11.3 Å². The number of rotatable bonds is 7. The smallest absolute Gasteiger partial charge is 0.348 e. The van der Waals surface area contributed by atoms with Crippen LogP contribution in [0.1, 0.15) is 44.0 Å². The second kappa shape index (κ2) is 8.64. The zero-order valence-electron chi connectivity index (χ0n) is 15.4. The third-order valence-corrected chi connectivity index (χ3v) is 7.28. The topological polar surface area (TPSA) is 98.8 Å². The predicted molar refractivity (Wildman–Crippen MR) is 102 cm³/mol. The molecule has 0 spiro atoms. The quantitative estimate of drug-likeness (QED) is 0.704. The first-order chi connectivity index (χ1) is 12.7. The highest BCUT2D eigenvalue weighted by molar-refractivity contribution is 7.91. The molecule has 7 nitrogen and oxygen atoms in total. The summed E-state index contributed by atoms with van der Waals surface area (Å²) >= 11 is 0.691. The maximum Gasteiger partial charge on any atom is 0.348 e. The van der Waals surface area contributed by atoms with Crippen LogP contribution in [0.15, 0.2) is 34.5 Å². The predicted octanol–water partition coefficient (Wildman–Crippen LogP) is 2.71. The van der Waals surface area contributed by atoms with Gasteiger partial charge in [0.2, 0.25) is 0 Å². The zero-order chi connectivity index (χ0) is 20.2. The van der Waals surface area contributed by atoms with Crippen LogP contribution in [0.25, 0.3) is 0 Å². The molecule has 0 radical (unpaired) electrons. The van der Waals surface area contributed by atoms with E-state index in [2.05, 4.69) is 9.46 Å². The number of hydrogen-bond acceptors (Lipinski definition) is 7. The minimum Gasteiger partial charge on any atom is -0.465 e. The van der Waals surface area contributed by atoms with Gasteiger partial charge in [-0.25, -0.2) is 22.7 Å². The molecular formula is C18H21NO6S2. The molecule has 2 rings (SSSR count). The van der Waals surface area contributed by atoms with Gasteiger partial charge in [0.05, 0.1) is 19.8 Å². The average Bonchev–Trinajstić information content (AvgIpc) is 3.03. The van der Waals surface area contributed by atoms with E-state index in [-0.39, 0.29) is 32.7 Å². The number of benzene rings is 1. The number of esters is 2. The minimum absolute atomic E-state index is 0.0504. The lowest BCUT2D eigenvalue weighted by Crippen LogP contribution is -2.28. The monoisotopic (exact) mass is 411 g/mol. The molecule has 0 saturated carbocycles. The fraction of sp³-hybridized carbons (Fsp3) is 0.333. The molecule has 0 bridgehead atoms. The Balaban J connectivity index is 2.36. The highest BCUT2D eigenvalue weighted by Crippen LogP contribution is 2.33. The molecule has 0 fully saturated rings. The number of sulfonamides is 1. The number of nitrogens with one attached hydrogen (secondary N) is 1. The summed E-state index contributed by atoms with van der Waals surface area (Å²) in [5, 5.41) is 0. The molecule has 1 aromatic carbocycles. The maximum atomic E-state index is 12.8. The van der Waals surface area contributed by atoms with Gasteiger partial charge in [-0.2, -0.15) is 0 Å². The summed E-state index contributed by atoms with van der Waals surface area (Å²) in [6.45, 7) is 3.51. The molecule has 146 valence electrons. The molecule has 0 unspecified atom stereocenters. The Morgan fingerprint density at radius 1 is 1.11 bits per heavy atom. The third kappa shape index (κ3) is 4.55. The van der Waals surface area contributed by atoms with E-state index in [1.54, 1.807) is 0 Å². The van der Waals surface area contributed by atoms with Gasteiger partial charge in [-0.15, -0.1) is 11.3 Å². The van der Waals surface area contributed by atoms with Gasteiger partial charge in [0.15, 0.2) is 4.21 Å². The average molecular weight is 412 g/mol. The van der Waals surface area contributed by atoms with Crippen LogP contribution in [0.3, 0.4) is 0 Å². The van der Waals surface area contributed by atoms with E-state index in [9.17, 15) is 18.0 Å². The minimum atomic E-state index is -4.03. The normalized spacial score (nSPS) is 12.4. The largest absolute Gasteiger partial charge is 0.465 e. The number of carbonyl (C=O) groups is 2. The number of methoxy groups -OCH3 is 2. The van der Waals surface area contributed by atoms with Crippen molar-refractivity contribution in [3.63, 3.8) is 0 Å². The van der Waals surface area contributed by atoms with E-state index in [1.807, 2.05) is 37.3 Å². The van der Waals surface area contributed by atoms with Gasteiger partial charge in [-0.3, -0.25) is 0 Å². The molecule has 1 aromatic heterocycles. The van der Waals surface area contributed by atoms with Crippen molar-refractivity contribution in [2.75, 3.05) is 20.8 Å². The van der Waals surface area contributed by atoms with Gasteiger partial charge in [-0.05, 0) is 24.0 Å². The Bertz CT molecular complexity index is 934. The van der Waals surface area contributed by atoms with Crippen LogP contribution in [0.4, 0.5) is 0 Å². The second-order valence-electron chi connectivity index (χ2n) is 5.87. The molecule has 0 amide bonds. The summed E-state index contributed by atoms with van der Waals surface area (Å²) < 4.78 is 37.3. The lowest BCUT2D eigenvalue weighted by Gasteiger charge is -2.13. The Labute approximate surface area is 162 Å². The molecular weight excluding hydrogens is 390 g/mol. The van der Waals surface area contributed by atoms with Crippen molar-refractivity contribution in [1.82, 2.24) is 4.72 Å². The van der Waals surface area contributed by atoms with Crippen molar-refractivity contribution >= 4 is 33.3 Å². The first-order valence-electron chi connectivity index (χ1n) is 8.07. The van der Waals surface area contributed by atoms with Gasteiger partial charge >= 0.3 is 11.9 Å². The fourth-order valence-electron chi connectivity index (χ4n) is 2.50. The first-order valence-corrected chi connectivity index (χ1v) is 10.4. The fourth-order valence-corrected chi connectivity index (χ4v) is 5.42. The Kier molecular flexibility index (Phi) is 6.74. The molecule has 27 heavy (non-hydrogen) atoms. The lowest BCUT2D eigenvalue weighted by atomic mass is 10.0. The number of hydrogen-bond donors (Lipinski definition) is 1. The molecule has 0 aliphatic heterocycles. The Hall–Kier alpha value is -2.23. The number of carbonyl (C=O) groups excluding carboxylic acids is 2. The molecule has 1 N–H and O–H groups in total. The van der Waals surface area contributed by atoms with Crippen LogP contribution in [0, 0.1) is 6.92 Å². The highest BCUT2D eigenvalue weighted by Gasteiger charge is 2.32. The Morgan fingerprint density at radius 2 is 1.70 bits per heavy atom. The van der Waals surface area contributed by atoms with E-state index in [1.165, 1.54) is 14.0 Å². The van der Waals surface area contributed by atoms with E-state index in [4.69, 9.17) is 4.74 Å². The summed E-state index contributed by atoms with van der Waals surface area (Å²) in [6, 6.07) is 9.45. The van der Waals surface area contributed by atoms with Crippen LogP contribution in [-0.4, -0.2) is 41.1 Å². The van der Waals surface area contributed by atoms with Crippen molar-refractivity contribution in [3.8, 4) is 0 Å². The van der Waals surface area contributed by atoms with Gasteiger partial charge in [0.1, 0.15) is 4.88 Å². The molecule has 9 heteroatoms. The van der Waals surface area contributed by atoms with E-state index < -0.39 is 22.0 Å². The van der Waals surface area contributed by atoms with Gasteiger partial charge in [0, 0.05) is 6.54 Å². The first kappa shape index (κ1) is 21.1. The van der Waals surface area contributed by atoms with Crippen LogP contribution < -0.4 is 4.72 Å². The zero-order valence-corrected chi connectivity index (χ0v) is 17.1. The van der Waals surface area contributed by atoms with Crippen LogP contribution in [-0.2, 0) is 19.5 Å². The SMILES string of the molecule is COC(=O)c1sc(S(=O)(=O)NC[C@H](C)c2ccccc2)c(C(=O)OC)c1C. The van der Waals surface area contributed by atoms with Gasteiger partial charge in [0.25, 0.3) is 10.0 Å². The molecule has 0 aliphatic rings. The maximum absolute atomic E-state index is 12.8. The molecule has 2 aromatic rings. The molecule has 0 saturated heterocycles. The van der Waals surface area contributed by atoms with E-state index in [0.717, 1.165) is 12.7 Å². The van der Waals surface area contributed by atoms with Crippen molar-refractivity contribution in [1.29, 1.82) is 0 Å². The molecule has 1 heterocycles. The van der Waals surface area contributed by atoms with Crippen LogP contribution in [0.2, 0.25) is 0 Å². The summed E-state index contributed by atoms with van der Waals surface area (Å²) in [7, 11) is -1.69. The second-order valence-corrected chi connectivity index (χ2v) is 8.85. The number of ether oxygens (including phenoxy) is 2. The van der Waals surface area contributed by atoms with Gasteiger partial charge < -0.3 is 9.47 Å². The van der Waals surface area contributed by atoms with Crippen molar-refractivity contribution in [3.05, 3.63) is 51.9 Å². The summed E-state index contributed by atoms with van der Waals surface area (Å²) in [5.41, 5.74) is 1.05. The van der Waals surface area contributed by atoms with E-state index >= 15 is 0 Å². The van der Waals surface area contributed by atoms with Crippen molar-refractivity contribution < 1.29 is 27.5 Å². The van der Waals surface area contributed by atoms with Gasteiger partial charge in [-0.1, -0.05) is 37.3 Å². The van der Waals surface area contributed by atoms with Crippen molar-refractivity contribution in [2.24, 2.45) is 0 Å². The molecule has 1 atom stereocenters. The lowest BCUT2D eigenvalue weighted by molar-refractivity contribution is 0.0596. The Morgan fingerprint density at radius 3 is 2.26 bits per heavy atom. The van der Waals surface area contributed by atoms with Crippen LogP contribution >= 0.6 is 11.3 Å². The standard InChI is InChI=1S/C18H21NO6S2/c1-11(13-8-6-5-7-9-13)10-19-27(22,23)18-14(16(20)24-3)12(2)15(26-18)17(21)25-4/h5-9,11,19H,10H2,1-4H3/t11-/m0/s1. The van der Waals surface area contributed by atoms with Crippen LogP contribution in [0.5, 0.6) is 0 Å². The molecule has 0 aliphatic carbocycles. The highest BCUT2D eigenvalue weighted by atomic mass is 32.2. The third-order valence-electron chi connectivity index (χ3n) is 4.07. The summed E-state index contributed by atoms with van der Waals surface area (Å²) in [4.78, 5) is 24.1. The summed E-state index contributed by atoms with van der Waals surface area (Å²) in [6.07, 6.45) is 0. The number of thiophene rings is 1. The summed E-state index contributed by atoms with van der Waals surface area (Å²) in [5.74, 6) is -1.61.